The second-order valence-electron chi connectivity index (χ2n) is 7.21. The molecule has 2 aromatic heterocycles. The lowest BCUT2D eigenvalue weighted by Gasteiger charge is -2.22. The Hall–Kier alpha value is -2.76. The molecule has 0 radical (unpaired) electrons. The normalized spacial score (nSPS) is 16.7. The van der Waals surface area contributed by atoms with Gasteiger partial charge < -0.3 is 9.47 Å². The van der Waals surface area contributed by atoms with Gasteiger partial charge in [0.15, 0.2) is 10.1 Å². The number of carbonyl (C=O) groups is 1. The fourth-order valence-electron chi connectivity index (χ4n) is 3.52. The molecule has 2 aromatic carbocycles. The van der Waals surface area contributed by atoms with E-state index in [0.717, 1.165) is 34.4 Å². The number of para-hydroxylation sites is 1. The molecule has 1 fully saturated rings. The first-order chi connectivity index (χ1) is 15.4. The van der Waals surface area contributed by atoms with E-state index in [2.05, 4.69) is 14.7 Å². The van der Waals surface area contributed by atoms with Crippen LogP contribution in [0.1, 0.15) is 22.6 Å². The van der Waals surface area contributed by atoms with Crippen LogP contribution in [-0.4, -0.2) is 41.5 Å². The maximum atomic E-state index is 13.4. The second-order valence-corrected chi connectivity index (χ2v) is 9.25. The van der Waals surface area contributed by atoms with Crippen molar-refractivity contribution in [1.82, 2.24) is 9.97 Å². The molecule has 6 nitrogen and oxygen atoms in total. The third kappa shape index (κ3) is 4.41. The van der Waals surface area contributed by atoms with Crippen LogP contribution in [0.4, 0.5) is 18.3 Å². The van der Waals surface area contributed by atoms with Crippen molar-refractivity contribution < 1.29 is 27.4 Å². The van der Waals surface area contributed by atoms with Crippen LogP contribution >= 0.6 is 22.7 Å². The SMILES string of the molecule is O=C(c1nc2ccccc2s1)N(CC1CCCO1)c1nc2ccc(OC(F)(F)F)cc2s1. The van der Waals surface area contributed by atoms with Crippen molar-refractivity contribution in [3.63, 3.8) is 0 Å². The minimum absolute atomic E-state index is 0.135. The van der Waals surface area contributed by atoms with Gasteiger partial charge in [-0.15, -0.1) is 24.5 Å². The van der Waals surface area contributed by atoms with Gasteiger partial charge >= 0.3 is 6.36 Å². The fourth-order valence-corrected chi connectivity index (χ4v) is 5.44. The Bertz CT molecular complexity index is 1250. The summed E-state index contributed by atoms with van der Waals surface area (Å²) in [7, 11) is 0. The maximum absolute atomic E-state index is 13.4. The summed E-state index contributed by atoms with van der Waals surface area (Å²) in [4.78, 5) is 23.9. The number of fused-ring (bicyclic) bond motifs is 2. The van der Waals surface area contributed by atoms with E-state index >= 15 is 0 Å². The van der Waals surface area contributed by atoms with Crippen LogP contribution in [0, 0.1) is 0 Å². The quantitative estimate of drug-likeness (QED) is 0.371. The van der Waals surface area contributed by atoms with Crippen LogP contribution < -0.4 is 9.64 Å². The number of anilines is 1. The predicted octanol–water partition coefficient (Wildman–Crippen LogP) is 5.63. The van der Waals surface area contributed by atoms with Gasteiger partial charge in [-0.3, -0.25) is 9.69 Å². The maximum Gasteiger partial charge on any atom is 0.573 e. The molecule has 3 heterocycles. The number of hydrogen-bond donors (Lipinski definition) is 0. The summed E-state index contributed by atoms with van der Waals surface area (Å²) < 4.78 is 48.8. The number of nitrogens with zero attached hydrogens (tertiary/aromatic N) is 3. The van der Waals surface area contributed by atoms with Gasteiger partial charge in [-0.2, -0.15) is 0 Å². The van der Waals surface area contributed by atoms with E-state index in [1.54, 1.807) is 0 Å². The first-order valence-corrected chi connectivity index (χ1v) is 11.4. The summed E-state index contributed by atoms with van der Waals surface area (Å²) >= 11 is 2.42. The monoisotopic (exact) mass is 479 g/mol. The molecule has 0 N–H and O–H groups in total. The molecule has 0 aliphatic carbocycles. The molecule has 4 aromatic rings. The zero-order valence-corrected chi connectivity index (χ0v) is 18.1. The highest BCUT2D eigenvalue weighted by molar-refractivity contribution is 7.23. The van der Waals surface area contributed by atoms with Gasteiger partial charge in [0.1, 0.15) is 5.75 Å². The van der Waals surface area contributed by atoms with E-state index < -0.39 is 6.36 Å². The van der Waals surface area contributed by atoms with Crippen molar-refractivity contribution >= 4 is 54.1 Å². The largest absolute Gasteiger partial charge is 0.573 e. The Morgan fingerprint density at radius 2 is 1.94 bits per heavy atom. The van der Waals surface area contributed by atoms with Crippen molar-refractivity contribution in [3.05, 3.63) is 47.5 Å². The van der Waals surface area contributed by atoms with E-state index in [-0.39, 0.29) is 17.8 Å². The molecule has 0 saturated carbocycles. The van der Waals surface area contributed by atoms with Crippen molar-refractivity contribution in [2.24, 2.45) is 0 Å². The van der Waals surface area contributed by atoms with Crippen LogP contribution in [0.5, 0.6) is 5.75 Å². The van der Waals surface area contributed by atoms with E-state index in [0.29, 0.717) is 33.5 Å². The highest BCUT2D eigenvalue weighted by Crippen LogP contribution is 2.35. The number of alkyl halides is 3. The molecule has 32 heavy (non-hydrogen) atoms. The van der Waals surface area contributed by atoms with Gasteiger partial charge in [-0.05, 0) is 37.1 Å². The molecule has 1 amide bonds. The molecule has 11 heteroatoms. The highest BCUT2D eigenvalue weighted by Gasteiger charge is 2.32. The first-order valence-electron chi connectivity index (χ1n) is 9.81. The van der Waals surface area contributed by atoms with Gasteiger partial charge in [-0.1, -0.05) is 23.5 Å². The van der Waals surface area contributed by atoms with E-state index in [1.165, 1.54) is 34.4 Å². The summed E-state index contributed by atoms with van der Waals surface area (Å²) in [6.07, 6.45) is -3.19. The van der Waals surface area contributed by atoms with Gasteiger partial charge in [0, 0.05) is 12.7 Å². The average molecular weight is 480 g/mol. The fraction of sp³-hybridized carbons (Fsp3) is 0.286. The standard InChI is InChI=1S/C21H16F3N3O3S2/c22-21(23,24)30-12-7-8-15-17(10-12)32-20(26-15)27(11-13-4-3-9-29-13)19(28)18-25-14-5-1-2-6-16(14)31-18/h1-2,5-8,10,13H,3-4,9,11H2. The van der Waals surface area contributed by atoms with E-state index in [1.807, 2.05) is 24.3 Å². The molecular formula is C21H16F3N3O3S2. The number of amides is 1. The highest BCUT2D eigenvalue weighted by atomic mass is 32.1. The molecular weight excluding hydrogens is 463 g/mol. The topological polar surface area (TPSA) is 64.6 Å². The van der Waals surface area contributed by atoms with Crippen molar-refractivity contribution in [2.75, 3.05) is 18.1 Å². The Balaban J connectivity index is 1.50. The number of rotatable bonds is 5. The zero-order valence-electron chi connectivity index (χ0n) is 16.5. The lowest BCUT2D eigenvalue weighted by atomic mass is 10.2. The van der Waals surface area contributed by atoms with Gasteiger partial charge in [0.05, 0.1) is 33.1 Å². The van der Waals surface area contributed by atoms with Crippen LogP contribution in [0.2, 0.25) is 0 Å². The van der Waals surface area contributed by atoms with Crippen LogP contribution in [0.3, 0.4) is 0 Å². The first kappa shape index (κ1) is 21.1. The molecule has 1 unspecified atom stereocenters. The number of thiazole rings is 2. The molecule has 1 atom stereocenters. The molecule has 1 aliphatic rings. The molecule has 0 spiro atoms. The summed E-state index contributed by atoms with van der Waals surface area (Å²) in [6.45, 7) is 0.923. The smallest absolute Gasteiger partial charge is 0.406 e. The lowest BCUT2D eigenvalue weighted by Crippen LogP contribution is -2.37. The number of ether oxygens (including phenoxy) is 2. The van der Waals surface area contributed by atoms with Crippen molar-refractivity contribution in [3.8, 4) is 5.75 Å². The summed E-state index contributed by atoms with van der Waals surface area (Å²) in [5, 5.41) is 0.702. The van der Waals surface area contributed by atoms with E-state index in [4.69, 9.17) is 4.74 Å². The third-order valence-corrected chi connectivity index (χ3v) is 7.01. The van der Waals surface area contributed by atoms with Crippen LogP contribution in [0.25, 0.3) is 20.4 Å². The number of halogens is 3. The molecule has 1 saturated heterocycles. The molecule has 5 rings (SSSR count). The summed E-state index contributed by atoms with van der Waals surface area (Å²) in [5.41, 5.74) is 1.21. The summed E-state index contributed by atoms with van der Waals surface area (Å²) in [6, 6.07) is 11.4. The van der Waals surface area contributed by atoms with Gasteiger partial charge in [0.25, 0.3) is 5.91 Å². The van der Waals surface area contributed by atoms with Crippen LogP contribution in [-0.2, 0) is 4.74 Å². The zero-order chi connectivity index (χ0) is 22.3. The third-order valence-electron chi connectivity index (χ3n) is 4.95. The Morgan fingerprint density at radius 1 is 1.12 bits per heavy atom. The average Bonchev–Trinajstić information content (AvgIpc) is 3.48. The molecule has 166 valence electrons. The number of carbonyl (C=O) groups excluding carboxylic acids is 1. The van der Waals surface area contributed by atoms with Crippen molar-refractivity contribution in [2.45, 2.75) is 25.3 Å². The second kappa shape index (κ2) is 8.30. The van der Waals surface area contributed by atoms with Crippen molar-refractivity contribution in [1.29, 1.82) is 0 Å². The Morgan fingerprint density at radius 3 is 2.69 bits per heavy atom. The minimum Gasteiger partial charge on any atom is -0.406 e. The Labute approximate surface area is 188 Å². The number of benzene rings is 2. The van der Waals surface area contributed by atoms with Crippen LogP contribution in [0.15, 0.2) is 42.5 Å². The van der Waals surface area contributed by atoms with Gasteiger partial charge in [-0.25, -0.2) is 9.97 Å². The van der Waals surface area contributed by atoms with E-state index in [9.17, 15) is 18.0 Å². The van der Waals surface area contributed by atoms with Gasteiger partial charge in [0.2, 0.25) is 0 Å². The Kier molecular flexibility index (Phi) is 5.48. The predicted molar refractivity (Wildman–Crippen MR) is 117 cm³/mol. The molecule has 0 bridgehead atoms. The minimum atomic E-state index is -4.78. The number of hydrogen-bond acceptors (Lipinski definition) is 7. The molecule has 1 aliphatic heterocycles. The summed E-state index contributed by atoms with van der Waals surface area (Å²) in [5.74, 6) is -0.643. The lowest BCUT2D eigenvalue weighted by molar-refractivity contribution is -0.274. The number of aromatic nitrogens is 2.